The van der Waals surface area contributed by atoms with Gasteiger partial charge in [0.05, 0.1) is 16.3 Å². The highest BCUT2D eigenvalue weighted by Gasteiger charge is 2.45. The molecule has 10 nitrogen and oxygen atoms in total. The van der Waals surface area contributed by atoms with Gasteiger partial charge in [-0.2, -0.15) is 13.2 Å². The van der Waals surface area contributed by atoms with Crippen LogP contribution in [0.15, 0.2) is 41.9 Å². The highest BCUT2D eigenvalue weighted by Crippen LogP contribution is 2.34. The second kappa shape index (κ2) is 12.6. The molecular formula is C26H25ClF4N6O4S. The van der Waals surface area contributed by atoms with Crippen LogP contribution in [0.5, 0.6) is 0 Å². The molecule has 2 saturated heterocycles. The first-order valence-electron chi connectivity index (χ1n) is 12.4. The number of carboxylic acids is 1. The van der Waals surface area contributed by atoms with E-state index in [2.05, 4.69) is 15.2 Å². The highest BCUT2D eigenvalue weighted by atomic mass is 35.5. The zero-order valence-corrected chi connectivity index (χ0v) is 23.8. The molecule has 0 aliphatic carbocycles. The maximum Gasteiger partial charge on any atom is 0.490 e. The summed E-state index contributed by atoms with van der Waals surface area (Å²) < 4.78 is 46.1. The van der Waals surface area contributed by atoms with E-state index in [-0.39, 0.29) is 34.5 Å². The smallest absolute Gasteiger partial charge is 0.475 e. The number of hydrogen-bond acceptors (Lipinski definition) is 8. The second-order valence-corrected chi connectivity index (χ2v) is 11.0. The Kier molecular flexibility index (Phi) is 9.33. The lowest BCUT2D eigenvalue weighted by atomic mass is 10.1. The van der Waals surface area contributed by atoms with Crippen LogP contribution in [0.4, 0.5) is 28.5 Å². The van der Waals surface area contributed by atoms with Crippen molar-refractivity contribution in [2.75, 3.05) is 32.5 Å². The summed E-state index contributed by atoms with van der Waals surface area (Å²) in [6, 6.07) is 8.16. The molecule has 2 N–H and O–H groups in total. The average Bonchev–Trinajstić information content (AvgIpc) is 3.67. The summed E-state index contributed by atoms with van der Waals surface area (Å²) in [6.45, 7) is 1.70. The topological polar surface area (TPSA) is 119 Å². The number of likely N-dealkylation sites (tertiary alicyclic amines) is 2. The van der Waals surface area contributed by atoms with Crippen LogP contribution in [0.25, 0.3) is 0 Å². The Morgan fingerprint density at radius 1 is 1.19 bits per heavy atom. The van der Waals surface area contributed by atoms with Crippen LogP contribution in [0.3, 0.4) is 0 Å². The number of benzene rings is 1. The van der Waals surface area contributed by atoms with E-state index in [1.54, 1.807) is 37.3 Å². The maximum absolute atomic E-state index is 14.4. The van der Waals surface area contributed by atoms with Gasteiger partial charge in [-0.15, -0.1) is 11.3 Å². The highest BCUT2D eigenvalue weighted by molar-refractivity contribution is 7.13. The molecule has 3 aromatic rings. The molecule has 1 aromatic carbocycles. The van der Waals surface area contributed by atoms with Crippen molar-refractivity contribution in [2.45, 2.75) is 31.2 Å². The number of carbonyl (C=O) groups excluding carboxylic acids is 2. The Morgan fingerprint density at radius 3 is 2.48 bits per heavy atom. The van der Waals surface area contributed by atoms with Crippen molar-refractivity contribution < 1.29 is 37.1 Å². The van der Waals surface area contributed by atoms with Crippen LogP contribution in [-0.2, 0) is 11.3 Å². The number of hydrogen-bond donors (Lipinski definition) is 2. The Balaban J connectivity index is 0.000000517. The number of rotatable bonds is 6. The van der Waals surface area contributed by atoms with Gasteiger partial charge in [0.15, 0.2) is 10.9 Å². The largest absolute Gasteiger partial charge is 0.490 e. The predicted octanol–water partition coefficient (Wildman–Crippen LogP) is 4.51. The van der Waals surface area contributed by atoms with Crippen molar-refractivity contribution >= 4 is 51.7 Å². The molecule has 2 bridgehead atoms. The molecule has 5 rings (SSSR count). The van der Waals surface area contributed by atoms with Crippen LogP contribution in [-0.4, -0.2) is 93.0 Å². The van der Waals surface area contributed by atoms with E-state index in [0.29, 0.717) is 36.1 Å². The van der Waals surface area contributed by atoms with Gasteiger partial charge in [-0.3, -0.25) is 14.5 Å². The Hall–Kier alpha value is -3.82. The number of halogens is 5. The number of piperazine rings is 1. The molecule has 2 aliphatic rings. The summed E-state index contributed by atoms with van der Waals surface area (Å²) in [5, 5.41) is 12.8. The summed E-state index contributed by atoms with van der Waals surface area (Å²) >= 11 is 7.32. The van der Waals surface area contributed by atoms with Gasteiger partial charge in [-0.25, -0.2) is 19.2 Å². The van der Waals surface area contributed by atoms with Crippen molar-refractivity contribution in [3.05, 3.63) is 69.6 Å². The molecule has 2 fully saturated rings. The normalized spacial score (nSPS) is 17.9. The first-order chi connectivity index (χ1) is 19.7. The monoisotopic (exact) mass is 628 g/mol. The van der Waals surface area contributed by atoms with E-state index in [0.717, 1.165) is 12.1 Å². The fourth-order valence-corrected chi connectivity index (χ4v) is 5.44. The second-order valence-electron chi connectivity index (χ2n) is 9.73. The maximum atomic E-state index is 14.4. The SMILES string of the molecule is CN(C)C(=O)c1cc(CN2C[C@@H]3C[C@H]2CN3C(=O)c2cccc(Cl)c2F)nc(Nc2nccs2)c1.O=C(O)C(F)(F)F. The van der Waals surface area contributed by atoms with E-state index in [9.17, 15) is 27.2 Å². The quantitative estimate of drug-likeness (QED) is 0.383. The van der Waals surface area contributed by atoms with E-state index < -0.39 is 18.0 Å². The van der Waals surface area contributed by atoms with Gasteiger partial charge in [0.1, 0.15) is 5.82 Å². The summed E-state index contributed by atoms with van der Waals surface area (Å²) in [5.74, 6) is -3.32. The molecule has 0 spiro atoms. The van der Waals surface area contributed by atoms with Gasteiger partial charge in [-0.05, 0) is 30.7 Å². The van der Waals surface area contributed by atoms with Crippen molar-refractivity contribution in [2.24, 2.45) is 0 Å². The molecule has 16 heteroatoms. The van der Waals surface area contributed by atoms with E-state index in [1.165, 1.54) is 28.4 Å². The number of fused-ring (bicyclic) bond motifs is 2. The van der Waals surface area contributed by atoms with Gasteiger partial charge in [0.2, 0.25) is 0 Å². The number of aliphatic carboxylic acids is 1. The number of carboxylic acid groups (broad SMARTS) is 1. The zero-order chi connectivity index (χ0) is 30.8. The third-order valence-electron chi connectivity index (χ3n) is 6.60. The number of alkyl halides is 3. The lowest BCUT2D eigenvalue weighted by Crippen LogP contribution is -2.48. The van der Waals surface area contributed by atoms with E-state index in [1.807, 2.05) is 11.4 Å². The van der Waals surface area contributed by atoms with Gasteiger partial charge in [-0.1, -0.05) is 17.7 Å². The Bertz CT molecular complexity index is 1470. The fourth-order valence-electron chi connectivity index (χ4n) is 4.73. The number of aromatic nitrogens is 2. The number of nitrogens with zero attached hydrogens (tertiary/aromatic N) is 5. The molecule has 224 valence electrons. The minimum Gasteiger partial charge on any atom is -0.475 e. The predicted molar refractivity (Wildman–Crippen MR) is 146 cm³/mol. The van der Waals surface area contributed by atoms with Crippen LogP contribution in [0.2, 0.25) is 5.02 Å². The number of thiazole rings is 1. The lowest BCUT2D eigenvalue weighted by molar-refractivity contribution is -0.192. The Labute approximate surface area is 246 Å². The van der Waals surface area contributed by atoms with Crippen LogP contribution in [0.1, 0.15) is 32.8 Å². The number of carbonyl (C=O) groups is 3. The van der Waals surface area contributed by atoms with Crippen molar-refractivity contribution in [1.29, 1.82) is 0 Å². The molecule has 2 aliphatic heterocycles. The molecule has 0 saturated carbocycles. The number of nitrogens with one attached hydrogen (secondary N) is 1. The van der Waals surface area contributed by atoms with Crippen LogP contribution < -0.4 is 5.32 Å². The summed E-state index contributed by atoms with van der Waals surface area (Å²) in [6.07, 6.45) is -2.57. The molecular weight excluding hydrogens is 604 g/mol. The van der Waals surface area contributed by atoms with Crippen molar-refractivity contribution in [1.82, 2.24) is 24.7 Å². The van der Waals surface area contributed by atoms with E-state index in [4.69, 9.17) is 26.5 Å². The Morgan fingerprint density at radius 2 is 1.90 bits per heavy atom. The van der Waals surface area contributed by atoms with Crippen LogP contribution >= 0.6 is 22.9 Å². The average molecular weight is 629 g/mol. The fraction of sp³-hybridized carbons (Fsp3) is 0.346. The molecule has 4 heterocycles. The first-order valence-corrected chi connectivity index (χ1v) is 13.7. The molecule has 2 atom stereocenters. The molecule has 0 unspecified atom stereocenters. The molecule has 2 aromatic heterocycles. The number of anilines is 2. The molecule has 2 amide bonds. The van der Waals surface area contributed by atoms with Crippen LogP contribution in [0, 0.1) is 5.82 Å². The van der Waals surface area contributed by atoms with E-state index >= 15 is 0 Å². The third-order valence-corrected chi connectivity index (χ3v) is 7.58. The van der Waals surface area contributed by atoms with Gasteiger partial charge >= 0.3 is 12.1 Å². The molecule has 0 radical (unpaired) electrons. The third kappa shape index (κ3) is 7.14. The number of amides is 2. The summed E-state index contributed by atoms with van der Waals surface area (Å²) in [7, 11) is 3.42. The zero-order valence-electron chi connectivity index (χ0n) is 22.2. The summed E-state index contributed by atoms with van der Waals surface area (Å²) in [4.78, 5) is 49.1. The summed E-state index contributed by atoms with van der Waals surface area (Å²) in [5.41, 5.74) is 1.30. The molecule has 42 heavy (non-hydrogen) atoms. The number of pyridine rings is 1. The lowest BCUT2D eigenvalue weighted by Gasteiger charge is -2.34. The minimum atomic E-state index is -5.08. The van der Waals surface area contributed by atoms with Crippen molar-refractivity contribution in [3.63, 3.8) is 0 Å². The van der Waals surface area contributed by atoms with Gasteiger partial charge < -0.3 is 20.2 Å². The standard InChI is InChI=1S/C24H24ClFN6O2S.C2HF3O2/c1-30(2)22(33)14-8-15(28-20(9-14)29-24-27-6-7-35-24)11-31-12-17-10-16(31)13-32(17)23(34)18-4-3-5-19(25)21(18)26;3-2(4,5)1(6)7/h3-9,16-17H,10-13H2,1-2H3,(H,27,28,29);(H,6,7)/t16-,17-;/m0./s1. The van der Waals surface area contributed by atoms with Gasteiger partial charge in [0, 0.05) is 63.0 Å². The van der Waals surface area contributed by atoms with Crippen molar-refractivity contribution in [3.8, 4) is 0 Å². The first kappa shape index (κ1) is 31.1. The minimum absolute atomic E-state index is 0.00562. The van der Waals surface area contributed by atoms with Gasteiger partial charge in [0.25, 0.3) is 11.8 Å².